The molecule has 1 rings (SSSR count). The first-order valence-electron chi connectivity index (χ1n) is 5.98. The minimum Gasteiger partial charge on any atom is -0.462 e. The summed E-state index contributed by atoms with van der Waals surface area (Å²) < 4.78 is 5.15. The number of hydrogen-bond donors (Lipinski definition) is 0. The van der Waals surface area contributed by atoms with Crippen molar-refractivity contribution in [3.63, 3.8) is 0 Å². The number of rotatable bonds is 6. The normalized spacial score (nSPS) is 18.2. The highest BCUT2D eigenvalue weighted by Gasteiger charge is 2.66. The molecule has 0 aromatic carbocycles. The molecular formula is C12H22O4. The molecule has 4 heteroatoms. The highest BCUT2D eigenvalue weighted by Crippen LogP contribution is 2.46. The van der Waals surface area contributed by atoms with E-state index in [1.54, 1.807) is 0 Å². The zero-order valence-corrected chi connectivity index (χ0v) is 10.7. The number of hydrogen-bond acceptors (Lipinski definition) is 4. The van der Waals surface area contributed by atoms with Gasteiger partial charge in [0.15, 0.2) is 0 Å². The lowest BCUT2D eigenvalue weighted by Gasteiger charge is -2.20. The first-order valence-corrected chi connectivity index (χ1v) is 5.98. The van der Waals surface area contributed by atoms with Crippen molar-refractivity contribution in [2.45, 2.75) is 59.2 Å². The van der Waals surface area contributed by atoms with Crippen molar-refractivity contribution in [2.75, 3.05) is 6.61 Å². The van der Waals surface area contributed by atoms with Crippen LogP contribution in [-0.4, -0.2) is 18.4 Å². The Hall–Kier alpha value is -0.610. The van der Waals surface area contributed by atoms with E-state index in [9.17, 15) is 4.79 Å². The highest BCUT2D eigenvalue weighted by atomic mass is 17.4. The second kappa shape index (κ2) is 5.15. The minimum atomic E-state index is -1.17. The van der Waals surface area contributed by atoms with Crippen LogP contribution in [0.25, 0.3) is 0 Å². The molecule has 0 bridgehead atoms. The molecule has 0 aliphatic carbocycles. The summed E-state index contributed by atoms with van der Waals surface area (Å²) in [7, 11) is 0. The van der Waals surface area contributed by atoms with Gasteiger partial charge in [0.25, 0.3) is 0 Å². The third-order valence-corrected chi connectivity index (χ3v) is 2.74. The van der Waals surface area contributed by atoms with Crippen LogP contribution in [0.2, 0.25) is 0 Å². The summed E-state index contributed by atoms with van der Waals surface area (Å²) in [5.41, 5.74) is -0.395. The van der Waals surface area contributed by atoms with Crippen LogP contribution in [0.4, 0.5) is 0 Å². The lowest BCUT2D eigenvalue weighted by molar-refractivity contribution is -0.156. The van der Waals surface area contributed by atoms with E-state index in [2.05, 4.69) is 6.92 Å². The minimum absolute atomic E-state index is 0.395. The van der Waals surface area contributed by atoms with E-state index in [1.165, 1.54) is 12.8 Å². The van der Waals surface area contributed by atoms with E-state index in [0.717, 1.165) is 12.8 Å². The molecule has 0 amide bonds. The van der Waals surface area contributed by atoms with Crippen LogP contribution in [0, 0.1) is 5.41 Å². The largest absolute Gasteiger partial charge is 0.462 e. The Morgan fingerprint density at radius 1 is 1.19 bits per heavy atom. The van der Waals surface area contributed by atoms with Gasteiger partial charge in [0, 0.05) is 5.41 Å². The van der Waals surface area contributed by atoms with Crippen LogP contribution in [0.5, 0.6) is 0 Å². The van der Waals surface area contributed by atoms with Gasteiger partial charge in [0.05, 0.1) is 6.61 Å². The summed E-state index contributed by atoms with van der Waals surface area (Å²) in [4.78, 5) is 21.4. The van der Waals surface area contributed by atoms with E-state index in [4.69, 9.17) is 14.5 Å². The van der Waals surface area contributed by atoms with Crippen LogP contribution < -0.4 is 0 Å². The van der Waals surface area contributed by atoms with Gasteiger partial charge in [-0.25, -0.2) is 4.79 Å². The van der Waals surface area contributed by atoms with Crippen molar-refractivity contribution < 1.29 is 19.3 Å². The molecule has 0 saturated carbocycles. The Labute approximate surface area is 97.2 Å². The Kier molecular flexibility index (Phi) is 4.33. The average Bonchev–Trinajstić information content (AvgIpc) is 2.96. The van der Waals surface area contributed by atoms with Crippen LogP contribution in [0.1, 0.15) is 53.4 Å². The number of esters is 1. The van der Waals surface area contributed by atoms with Crippen molar-refractivity contribution in [1.82, 2.24) is 0 Å². The van der Waals surface area contributed by atoms with Crippen molar-refractivity contribution in [1.29, 1.82) is 0 Å². The molecule has 0 unspecified atom stereocenters. The highest BCUT2D eigenvalue weighted by molar-refractivity contribution is 5.80. The van der Waals surface area contributed by atoms with Crippen LogP contribution in [-0.2, 0) is 19.3 Å². The molecule has 0 N–H and O–H groups in total. The monoisotopic (exact) mass is 230 g/mol. The van der Waals surface area contributed by atoms with Gasteiger partial charge < -0.3 is 4.74 Å². The second-order valence-corrected chi connectivity index (χ2v) is 5.23. The van der Waals surface area contributed by atoms with E-state index < -0.39 is 17.2 Å². The van der Waals surface area contributed by atoms with Crippen LogP contribution >= 0.6 is 0 Å². The molecule has 1 aliphatic rings. The lowest BCUT2D eigenvalue weighted by Crippen LogP contribution is -2.39. The van der Waals surface area contributed by atoms with Gasteiger partial charge in [-0.05, 0) is 6.42 Å². The molecule has 16 heavy (non-hydrogen) atoms. The molecule has 1 saturated heterocycles. The first kappa shape index (κ1) is 13.5. The fourth-order valence-electron chi connectivity index (χ4n) is 1.45. The molecule has 0 atom stereocenters. The van der Waals surface area contributed by atoms with Gasteiger partial charge >= 0.3 is 11.8 Å². The summed E-state index contributed by atoms with van der Waals surface area (Å²) in [5, 5.41) is 0. The van der Waals surface area contributed by atoms with Crippen LogP contribution in [0.3, 0.4) is 0 Å². The SMILES string of the molecule is CCCCCCOC(=O)C1(C(C)(C)C)OO1. The molecule has 1 fully saturated rings. The number of unbranched alkanes of at least 4 members (excludes halogenated alkanes) is 3. The molecule has 1 aliphatic heterocycles. The van der Waals surface area contributed by atoms with Gasteiger partial charge in [-0.1, -0.05) is 47.0 Å². The lowest BCUT2D eigenvalue weighted by atomic mass is 9.87. The molecule has 0 spiro atoms. The summed E-state index contributed by atoms with van der Waals surface area (Å²) in [5.74, 6) is -1.57. The molecule has 0 aromatic heterocycles. The fourth-order valence-corrected chi connectivity index (χ4v) is 1.45. The maximum Gasteiger partial charge on any atom is 0.373 e. The van der Waals surface area contributed by atoms with Gasteiger partial charge in [-0.2, -0.15) is 9.78 Å². The topological polar surface area (TPSA) is 51.4 Å². The number of carbonyl (C=O) groups excluding carboxylic acids is 1. The molecule has 0 radical (unpaired) electrons. The summed E-state index contributed by atoms with van der Waals surface area (Å²) in [6.45, 7) is 8.25. The number of carbonyl (C=O) groups is 1. The second-order valence-electron chi connectivity index (χ2n) is 5.23. The van der Waals surface area contributed by atoms with Crippen molar-refractivity contribution in [2.24, 2.45) is 5.41 Å². The van der Waals surface area contributed by atoms with Crippen molar-refractivity contribution in [3.05, 3.63) is 0 Å². The van der Waals surface area contributed by atoms with E-state index in [0.29, 0.717) is 6.61 Å². The van der Waals surface area contributed by atoms with E-state index in [1.807, 2.05) is 20.8 Å². The summed E-state index contributed by atoms with van der Waals surface area (Å²) in [6, 6.07) is 0. The van der Waals surface area contributed by atoms with E-state index >= 15 is 0 Å². The Balaban J connectivity index is 2.26. The maximum absolute atomic E-state index is 11.7. The predicted molar refractivity (Wildman–Crippen MR) is 59.5 cm³/mol. The van der Waals surface area contributed by atoms with E-state index in [-0.39, 0.29) is 0 Å². The Bertz CT molecular complexity index is 238. The summed E-state index contributed by atoms with van der Waals surface area (Å²) in [6.07, 6.45) is 4.34. The zero-order chi connectivity index (χ0) is 12.2. The molecular weight excluding hydrogens is 208 g/mol. The average molecular weight is 230 g/mol. The summed E-state index contributed by atoms with van der Waals surface area (Å²) >= 11 is 0. The molecule has 94 valence electrons. The molecule has 4 nitrogen and oxygen atoms in total. The first-order chi connectivity index (χ1) is 7.44. The van der Waals surface area contributed by atoms with Crippen LogP contribution in [0.15, 0.2) is 0 Å². The fraction of sp³-hybridized carbons (Fsp3) is 0.917. The standard InChI is InChI=1S/C12H22O4/c1-5-6-7-8-9-14-10(13)12(15-16-12)11(2,3)4/h5-9H2,1-4H3. The smallest absolute Gasteiger partial charge is 0.373 e. The molecule has 0 aromatic rings. The number of ether oxygens (including phenoxy) is 1. The van der Waals surface area contributed by atoms with Crippen molar-refractivity contribution in [3.8, 4) is 0 Å². The Morgan fingerprint density at radius 3 is 2.25 bits per heavy atom. The van der Waals surface area contributed by atoms with Gasteiger partial charge in [0.1, 0.15) is 0 Å². The van der Waals surface area contributed by atoms with Gasteiger partial charge in [-0.3, -0.25) is 0 Å². The van der Waals surface area contributed by atoms with Gasteiger partial charge in [-0.15, -0.1) is 0 Å². The third kappa shape index (κ3) is 2.95. The third-order valence-electron chi connectivity index (χ3n) is 2.74. The Morgan fingerprint density at radius 2 is 1.81 bits per heavy atom. The van der Waals surface area contributed by atoms with Crippen molar-refractivity contribution >= 4 is 5.97 Å². The quantitative estimate of drug-likeness (QED) is 0.305. The van der Waals surface area contributed by atoms with Gasteiger partial charge in [0.2, 0.25) is 0 Å². The predicted octanol–water partition coefficient (Wildman–Crippen LogP) is 2.81. The zero-order valence-electron chi connectivity index (χ0n) is 10.7. The molecule has 1 heterocycles. The maximum atomic E-state index is 11.7.